The van der Waals surface area contributed by atoms with Crippen molar-refractivity contribution in [1.29, 1.82) is 0 Å². The number of hydrogen-bond acceptors (Lipinski definition) is 4. The molecule has 3 rings (SSSR count). The van der Waals surface area contributed by atoms with Crippen LogP contribution in [0.4, 0.5) is 4.79 Å². The molecule has 0 bridgehead atoms. The Balaban J connectivity index is 1.86. The largest absolute Gasteiger partial charge is 0.433 e. The van der Waals surface area contributed by atoms with Gasteiger partial charge in [0.15, 0.2) is 5.60 Å². The minimum absolute atomic E-state index is 0.189. The molecule has 7 nitrogen and oxygen atoms in total. The van der Waals surface area contributed by atoms with E-state index in [-0.39, 0.29) is 17.9 Å². The molecule has 1 fully saturated rings. The lowest BCUT2D eigenvalue weighted by molar-refractivity contribution is -0.155. The zero-order valence-corrected chi connectivity index (χ0v) is 17.8. The molecule has 150 valence electrons. The number of nitrogens with one attached hydrogen (secondary N) is 1. The normalized spacial score (nSPS) is 18.9. The summed E-state index contributed by atoms with van der Waals surface area (Å²) in [6.45, 7) is 5.88. The summed E-state index contributed by atoms with van der Waals surface area (Å²) in [5, 5.41) is 0. The first-order chi connectivity index (χ1) is 13.2. The van der Waals surface area contributed by atoms with Crippen LogP contribution in [0.25, 0.3) is 11.3 Å². The summed E-state index contributed by atoms with van der Waals surface area (Å²) in [4.78, 5) is 34.3. The Morgan fingerprint density at radius 3 is 2.64 bits per heavy atom. The molecule has 0 radical (unpaired) electrons. The second-order valence-electron chi connectivity index (χ2n) is 7.53. The second kappa shape index (κ2) is 7.95. The van der Waals surface area contributed by atoms with Crippen molar-refractivity contribution in [3.05, 3.63) is 40.8 Å². The van der Waals surface area contributed by atoms with Gasteiger partial charge in [-0.1, -0.05) is 41.9 Å². The standard InChI is InChI=1S/C20H25BrN4O3/c1-12(2)20(3,28-19(22)27)18(26)25-10-4-5-16(25)17-23-11-15(24-17)13-6-8-14(21)9-7-13/h6-9,11-12,16H,4-5,10H2,1-3H3,(H2,22,27)(H,23,24)/t16-,20-/m0/s1. The SMILES string of the molecule is CC(C)[C@](C)(OC(N)=O)C(=O)N1CCC[C@H]1c1ncc(-c2ccc(Br)cc2)[nH]1. The molecule has 1 aliphatic rings. The molecule has 1 saturated heterocycles. The van der Waals surface area contributed by atoms with Crippen LogP contribution < -0.4 is 5.73 Å². The maximum atomic E-state index is 13.3. The van der Waals surface area contributed by atoms with Crippen LogP contribution in [0.2, 0.25) is 0 Å². The number of likely N-dealkylation sites (tertiary alicyclic amines) is 1. The number of halogens is 1. The third-order valence-electron chi connectivity index (χ3n) is 5.42. The van der Waals surface area contributed by atoms with E-state index < -0.39 is 11.7 Å². The number of benzene rings is 1. The van der Waals surface area contributed by atoms with Gasteiger partial charge in [-0.2, -0.15) is 0 Å². The van der Waals surface area contributed by atoms with Crippen LogP contribution in [0, 0.1) is 5.92 Å². The van der Waals surface area contributed by atoms with E-state index in [0.717, 1.165) is 34.4 Å². The molecule has 0 spiro atoms. The van der Waals surface area contributed by atoms with Crippen molar-refractivity contribution in [3.63, 3.8) is 0 Å². The van der Waals surface area contributed by atoms with E-state index in [1.54, 1.807) is 18.0 Å². The number of amides is 2. The number of carbonyl (C=O) groups is 2. The number of ether oxygens (including phenoxy) is 1. The van der Waals surface area contributed by atoms with Gasteiger partial charge in [0.2, 0.25) is 0 Å². The van der Waals surface area contributed by atoms with E-state index in [1.807, 2.05) is 38.1 Å². The minimum atomic E-state index is -1.31. The molecule has 1 aromatic carbocycles. The number of aromatic nitrogens is 2. The summed E-state index contributed by atoms with van der Waals surface area (Å²) < 4.78 is 6.26. The van der Waals surface area contributed by atoms with Gasteiger partial charge in [-0.05, 0) is 37.5 Å². The highest BCUT2D eigenvalue weighted by Crippen LogP contribution is 2.36. The lowest BCUT2D eigenvalue weighted by Gasteiger charge is -2.36. The first-order valence-electron chi connectivity index (χ1n) is 9.32. The molecule has 2 aromatic rings. The van der Waals surface area contributed by atoms with Gasteiger partial charge in [-0.3, -0.25) is 4.79 Å². The third-order valence-corrected chi connectivity index (χ3v) is 5.95. The maximum absolute atomic E-state index is 13.3. The summed E-state index contributed by atoms with van der Waals surface area (Å²) in [6, 6.07) is 7.74. The number of carbonyl (C=O) groups excluding carboxylic acids is 2. The van der Waals surface area contributed by atoms with E-state index in [0.29, 0.717) is 6.54 Å². The van der Waals surface area contributed by atoms with Gasteiger partial charge in [0.05, 0.1) is 17.9 Å². The van der Waals surface area contributed by atoms with E-state index in [1.165, 1.54) is 0 Å². The van der Waals surface area contributed by atoms with E-state index in [4.69, 9.17) is 10.5 Å². The zero-order valence-electron chi connectivity index (χ0n) is 16.2. The van der Waals surface area contributed by atoms with Crippen LogP contribution in [0.5, 0.6) is 0 Å². The minimum Gasteiger partial charge on any atom is -0.433 e. The fraction of sp³-hybridized carbons (Fsp3) is 0.450. The van der Waals surface area contributed by atoms with Gasteiger partial charge in [0.25, 0.3) is 5.91 Å². The summed E-state index contributed by atoms with van der Waals surface area (Å²) in [6.07, 6.45) is 2.48. The summed E-state index contributed by atoms with van der Waals surface area (Å²) in [7, 11) is 0. The third kappa shape index (κ3) is 3.92. The van der Waals surface area contributed by atoms with Crippen LogP contribution in [0.1, 0.15) is 45.5 Å². The van der Waals surface area contributed by atoms with Crippen LogP contribution in [-0.4, -0.2) is 39.0 Å². The van der Waals surface area contributed by atoms with Crippen molar-refractivity contribution >= 4 is 27.9 Å². The smallest absolute Gasteiger partial charge is 0.405 e. The Kier molecular flexibility index (Phi) is 5.79. The number of nitrogens with two attached hydrogens (primary N) is 1. The van der Waals surface area contributed by atoms with Crippen molar-refractivity contribution in [3.8, 4) is 11.3 Å². The first-order valence-corrected chi connectivity index (χ1v) is 10.1. The molecule has 2 heterocycles. The number of aromatic amines is 1. The van der Waals surface area contributed by atoms with E-state index in [9.17, 15) is 9.59 Å². The van der Waals surface area contributed by atoms with Crippen LogP contribution >= 0.6 is 15.9 Å². The number of imidazole rings is 1. The molecule has 0 aliphatic carbocycles. The Hall–Kier alpha value is -2.35. The summed E-state index contributed by atoms with van der Waals surface area (Å²) >= 11 is 3.43. The lowest BCUT2D eigenvalue weighted by atomic mass is 9.90. The molecule has 2 amide bonds. The molecule has 28 heavy (non-hydrogen) atoms. The molecule has 8 heteroatoms. The highest BCUT2D eigenvalue weighted by molar-refractivity contribution is 9.10. The number of H-pyrrole nitrogens is 1. The number of primary amides is 1. The average molecular weight is 449 g/mol. The lowest BCUT2D eigenvalue weighted by Crippen LogP contribution is -2.53. The molecular formula is C20H25BrN4O3. The monoisotopic (exact) mass is 448 g/mol. The summed E-state index contributed by atoms with van der Waals surface area (Å²) in [5.41, 5.74) is 5.82. The molecule has 1 aromatic heterocycles. The highest BCUT2D eigenvalue weighted by Gasteiger charge is 2.46. The molecule has 1 aliphatic heterocycles. The first kappa shape index (κ1) is 20.4. The van der Waals surface area contributed by atoms with E-state index in [2.05, 4.69) is 25.9 Å². The average Bonchev–Trinajstić information content (AvgIpc) is 3.30. The predicted molar refractivity (Wildman–Crippen MR) is 109 cm³/mol. The van der Waals surface area contributed by atoms with Gasteiger partial charge in [0.1, 0.15) is 5.82 Å². The van der Waals surface area contributed by atoms with Gasteiger partial charge in [-0.15, -0.1) is 0 Å². The number of nitrogens with zero attached hydrogens (tertiary/aromatic N) is 2. The van der Waals surface area contributed by atoms with Crippen molar-refractivity contribution in [2.24, 2.45) is 11.7 Å². The second-order valence-corrected chi connectivity index (χ2v) is 8.44. The molecule has 0 unspecified atom stereocenters. The quantitative estimate of drug-likeness (QED) is 0.720. The van der Waals surface area contributed by atoms with Crippen LogP contribution in [0.15, 0.2) is 34.9 Å². The summed E-state index contributed by atoms with van der Waals surface area (Å²) in [5.74, 6) is 0.267. The zero-order chi connectivity index (χ0) is 20.5. The molecule has 2 atom stereocenters. The van der Waals surface area contributed by atoms with Gasteiger partial charge < -0.3 is 20.4 Å². The molecule has 0 saturated carbocycles. The van der Waals surface area contributed by atoms with Crippen molar-refractivity contribution in [2.45, 2.75) is 45.3 Å². The Morgan fingerprint density at radius 2 is 2.04 bits per heavy atom. The Bertz CT molecular complexity index is 865. The predicted octanol–water partition coefficient (Wildman–Crippen LogP) is 4.01. The topological polar surface area (TPSA) is 101 Å². The molecule has 3 N–H and O–H groups in total. The van der Waals surface area contributed by atoms with Crippen molar-refractivity contribution in [2.75, 3.05) is 6.54 Å². The van der Waals surface area contributed by atoms with Crippen molar-refractivity contribution in [1.82, 2.24) is 14.9 Å². The van der Waals surface area contributed by atoms with Crippen molar-refractivity contribution < 1.29 is 14.3 Å². The number of hydrogen-bond donors (Lipinski definition) is 2. The van der Waals surface area contributed by atoms with Gasteiger partial charge >= 0.3 is 6.09 Å². The molecular weight excluding hydrogens is 424 g/mol. The van der Waals surface area contributed by atoms with Crippen LogP contribution in [0.3, 0.4) is 0 Å². The maximum Gasteiger partial charge on any atom is 0.405 e. The Morgan fingerprint density at radius 1 is 1.36 bits per heavy atom. The Labute approximate surface area is 172 Å². The van der Waals surface area contributed by atoms with E-state index >= 15 is 0 Å². The van der Waals surface area contributed by atoms with Gasteiger partial charge in [0, 0.05) is 16.9 Å². The van der Waals surface area contributed by atoms with Crippen LogP contribution in [-0.2, 0) is 9.53 Å². The van der Waals surface area contributed by atoms with Gasteiger partial charge in [-0.25, -0.2) is 9.78 Å². The fourth-order valence-corrected chi connectivity index (χ4v) is 3.74. The number of rotatable bonds is 5. The fourth-order valence-electron chi connectivity index (χ4n) is 3.48. The highest BCUT2D eigenvalue weighted by atomic mass is 79.9.